The lowest BCUT2D eigenvalue weighted by Crippen LogP contribution is -1.76. The van der Waals surface area contributed by atoms with E-state index in [1.807, 2.05) is 12.3 Å². The average Bonchev–Trinajstić information content (AvgIpc) is 2.54. The molecule has 0 aliphatic heterocycles. The fraction of sp³-hybridized carbons (Fsp3) is 0.111. The van der Waals surface area contributed by atoms with Gasteiger partial charge in [0, 0.05) is 14.5 Å². The standard InChI is InChI=1S/C9H7ClS3/c1-12-9-7(10)6(11)4-5-2-3-13-8(5)9/h2-4,11H,1H3. The number of thioether (sulfide) groups is 1. The zero-order chi connectivity index (χ0) is 9.42. The molecule has 0 amide bonds. The van der Waals surface area contributed by atoms with Crippen molar-refractivity contribution in [2.75, 3.05) is 6.26 Å². The van der Waals surface area contributed by atoms with E-state index >= 15 is 0 Å². The molecule has 1 heterocycles. The second-order valence-corrected chi connectivity index (χ2v) is 5.17. The van der Waals surface area contributed by atoms with Gasteiger partial charge in [0.1, 0.15) is 0 Å². The lowest BCUT2D eigenvalue weighted by molar-refractivity contribution is 1.42. The third kappa shape index (κ3) is 1.59. The van der Waals surface area contributed by atoms with Crippen LogP contribution in [0.2, 0.25) is 5.02 Å². The van der Waals surface area contributed by atoms with Crippen molar-refractivity contribution in [3.63, 3.8) is 0 Å². The van der Waals surface area contributed by atoms with Crippen molar-refractivity contribution in [2.24, 2.45) is 0 Å². The molecule has 0 aliphatic carbocycles. The zero-order valence-electron chi connectivity index (χ0n) is 6.87. The summed E-state index contributed by atoms with van der Waals surface area (Å²) in [6, 6.07) is 4.10. The van der Waals surface area contributed by atoms with Gasteiger partial charge in [-0.2, -0.15) is 0 Å². The van der Waals surface area contributed by atoms with E-state index in [9.17, 15) is 0 Å². The molecule has 0 N–H and O–H groups in total. The fourth-order valence-electron chi connectivity index (χ4n) is 1.23. The number of hydrogen-bond donors (Lipinski definition) is 1. The van der Waals surface area contributed by atoms with E-state index in [2.05, 4.69) is 24.1 Å². The fourth-order valence-corrected chi connectivity index (χ4v) is 3.80. The minimum atomic E-state index is 0.769. The Balaban J connectivity index is 2.87. The van der Waals surface area contributed by atoms with Crippen LogP contribution in [0.4, 0.5) is 0 Å². The van der Waals surface area contributed by atoms with Crippen LogP contribution in [0.15, 0.2) is 27.3 Å². The molecule has 0 nitrogen and oxygen atoms in total. The summed E-state index contributed by atoms with van der Waals surface area (Å²) in [7, 11) is 0. The van der Waals surface area contributed by atoms with Crippen molar-refractivity contribution in [3.8, 4) is 0 Å². The number of benzene rings is 1. The Kier molecular flexibility index (Phi) is 2.79. The lowest BCUT2D eigenvalue weighted by Gasteiger charge is -2.04. The molecule has 2 rings (SSSR count). The second kappa shape index (κ2) is 3.73. The maximum absolute atomic E-state index is 6.14. The van der Waals surface area contributed by atoms with Crippen molar-refractivity contribution < 1.29 is 0 Å². The molecule has 1 aromatic heterocycles. The Hall–Kier alpha value is 0.170. The molecule has 0 unspecified atom stereocenters. The first-order valence-corrected chi connectivity index (χ1v) is 6.59. The van der Waals surface area contributed by atoms with Gasteiger partial charge >= 0.3 is 0 Å². The SMILES string of the molecule is CSc1c(Cl)c(S)cc2ccsc12. The summed E-state index contributed by atoms with van der Waals surface area (Å²) in [5.74, 6) is 0. The summed E-state index contributed by atoms with van der Waals surface area (Å²) in [5.41, 5.74) is 0. The Labute approximate surface area is 95.7 Å². The number of halogens is 1. The molecule has 0 saturated heterocycles. The molecular formula is C9H7ClS3. The van der Waals surface area contributed by atoms with Crippen LogP contribution in [-0.2, 0) is 0 Å². The van der Waals surface area contributed by atoms with Crippen LogP contribution < -0.4 is 0 Å². The number of hydrogen-bond acceptors (Lipinski definition) is 3. The summed E-state index contributed by atoms with van der Waals surface area (Å²) in [5, 5.41) is 4.07. The maximum Gasteiger partial charge on any atom is 0.0689 e. The van der Waals surface area contributed by atoms with Crippen LogP contribution in [0, 0.1) is 0 Å². The molecule has 4 heteroatoms. The van der Waals surface area contributed by atoms with Crippen LogP contribution in [0.1, 0.15) is 0 Å². The Bertz CT molecular complexity index is 447. The first-order chi connectivity index (χ1) is 6.24. The average molecular weight is 247 g/mol. The minimum absolute atomic E-state index is 0.769. The Morgan fingerprint density at radius 2 is 2.31 bits per heavy atom. The highest BCUT2D eigenvalue weighted by Crippen LogP contribution is 2.40. The molecule has 0 saturated carbocycles. The van der Waals surface area contributed by atoms with Gasteiger partial charge in [-0.3, -0.25) is 0 Å². The molecule has 0 bridgehead atoms. The van der Waals surface area contributed by atoms with Crippen molar-refractivity contribution in [3.05, 3.63) is 22.5 Å². The molecular weight excluding hydrogens is 240 g/mol. The van der Waals surface area contributed by atoms with Crippen molar-refractivity contribution in [1.29, 1.82) is 0 Å². The number of thiol groups is 1. The normalized spacial score (nSPS) is 11.0. The van der Waals surface area contributed by atoms with E-state index in [0.717, 1.165) is 14.8 Å². The Morgan fingerprint density at radius 1 is 1.54 bits per heavy atom. The lowest BCUT2D eigenvalue weighted by atomic mass is 10.3. The monoisotopic (exact) mass is 246 g/mol. The zero-order valence-corrected chi connectivity index (χ0v) is 10.2. The van der Waals surface area contributed by atoms with E-state index in [1.165, 1.54) is 10.1 Å². The molecule has 1 aromatic carbocycles. The molecule has 0 aliphatic rings. The first-order valence-electron chi connectivity index (χ1n) is 3.66. The van der Waals surface area contributed by atoms with E-state index in [-0.39, 0.29) is 0 Å². The molecule has 2 aromatic rings. The van der Waals surface area contributed by atoms with E-state index in [1.54, 1.807) is 23.1 Å². The summed E-state index contributed by atoms with van der Waals surface area (Å²) < 4.78 is 1.26. The highest BCUT2D eigenvalue weighted by Gasteiger charge is 2.09. The van der Waals surface area contributed by atoms with Gasteiger partial charge in [-0.25, -0.2) is 0 Å². The van der Waals surface area contributed by atoms with Gasteiger partial charge in [0.05, 0.1) is 5.02 Å². The maximum atomic E-state index is 6.14. The number of rotatable bonds is 1. The van der Waals surface area contributed by atoms with Gasteiger partial charge in [-0.15, -0.1) is 35.7 Å². The quantitative estimate of drug-likeness (QED) is 0.568. The van der Waals surface area contributed by atoms with Gasteiger partial charge < -0.3 is 0 Å². The highest BCUT2D eigenvalue weighted by atomic mass is 35.5. The molecule has 0 spiro atoms. The Morgan fingerprint density at radius 3 is 3.00 bits per heavy atom. The van der Waals surface area contributed by atoms with Crippen LogP contribution in [-0.4, -0.2) is 6.26 Å². The van der Waals surface area contributed by atoms with Gasteiger partial charge in [-0.1, -0.05) is 11.6 Å². The van der Waals surface area contributed by atoms with Gasteiger partial charge in [0.25, 0.3) is 0 Å². The van der Waals surface area contributed by atoms with E-state index in [4.69, 9.17) is 11.6 Å². The van der Waals surface area contributed by atoms with Crippen molar-refractivity contribution >= 4 is 57.4 Å². The van der Waals surface area contributed by atoms with Crippen molar-refractivity contribution in [1.82, 2.24) is 0 Å². The summed E-state index contributed by atoms with van der Waals surface area (Å²) in [4.78, 5) is 2.00. The highest BCUT2D eigenvalue weighted by molar-refractivity contribution is 7.99. The van der Waals surface area contributed by atoms with Gasteiger partial charge in [0.15, 0.2) is 0 Å². The van der Waals surface area contributed by atoms with Crippen LogP contribution in [0.3, 0.4) is 0 Å². The third-order valence-electron chi connectivity index (χ3n) is 1.82. The van der Waals surface area contributed by atoms with Crippen LogP contribution in [0.5, 0.6) is 0 Å². The van der Waals surface area contributed by atoms with Crippen LogP contribution in [0.25, 0.3) is 10.1 Å². The predicted molar refractivity (Wildman–Crippen MR) is 65.9 cm³/mol. The largest absolute Gasteiger partial charge is 0.143 e. The molecule has 0 atom stereocenters. The first kappa shape index (κ1) is 9.71. The van der Waals surface area contributed by atoms with E-state index < -0.39 is 0 Å². The summed E-state index contributed by atoms with van der Waals surface area (Å²) in [6.07, 6.45) is 2.04. The van der Waals surface area contributed by atoms with Gasteiger partial charge in [-0.05, 0) is 29.2 Å². The second-order valence-electron chi connectivity index (χ2n) is 2.58. The predicted octanol–water partition coefficient (Wildman–Crippen LogP) is 4.57. The number of fused-ring (bicyclic) bond motifs is 1. The topological polar surface area (TPSA) is 0 Å². The molecule has 0 radical (unpaired) electrons. The van der Waals surface area contributed by atoms with Gasteiger partial charge in [0.2, 0.25) is 0 Å². The molecule has 13 heavy (non-hydrogen) atoms. The number of thiophene rings is 1. The minimum Gasteiger partial charge on any atom is -0.143 e. The van der Waals surface area contributed by atoms with Crippen LogP contribution >= 0.6 is 47.3 Å². The molecule has 68 valence electrons. The van der Waals surface area contributed by atoms with E-state index in [0.29, 0.717) is 0 Å². The summed E-state index contributed by atoms with van der Waals surface area (Å²) >= 11 is 13.9. The third-order valence-corrected chi connectivity index (χ3v) is 4.70. The van der Waals surface area contributed by atoms with Crippen molar-refractivity contribution in [2.45, 2.75) is 9.79 Å². The molecule has 0 fully saturated rings. The summed E-state index contributed by atoms with van der Waals surface area (Å²) in [6.45, 7) is 0. The smallest absolute Gasteiger partial charge is 0.0689 e.